The van der Waals surface area contributed by atoms with E-state index in [1.165, 1.54) is 10.8 Å². The highest BCUT2D eigenvalue weighted by Crippen LogP contribution is 2.01. The van der Waals surface area contributed by atoms with Crippen molar-refractivity contribution in [3.63, 3.8) is 0 Å². The molecule has 0 aliphatic carbocycles. The lowest BCUT2D eigenvalue weighted by Gasteiger charge is -1.97. The maximum Gasteiger partial charge on any atom is 0.269 e. The van der Waals surface area contributed by atoms with E-state index in [2.05, 4.69) is 5.16 Å². The van der Waals surface area contributed by atoms with E-state index < -0.39 is 0 Å². The van der Waals surface area contributed by atoms with Crippen LogP contribution in [-0.2, 0) is 13.6 Å². The van der Waals surface area contributed by atoms with E-state index in [9.17, 15) is 4.79 Å². The first-order valence-corrected chi connectivity index (χ1v) is 7.71. The number of aryl methyl sites for hydroxylation is 1. The molecular weight excluding hydrogens is 326 g/mol. The Labute approximate surface area is 140 Å². The van der Waals surface area contributed by atoms with Gasteiger partial charge in [0.05, 0.1) is 11.1 Å². The van der Waals surface area contributed by atoms with Gasteiger partial charge in [-0.2, -0.15) is 10.5 Å². The summed E-state index contributed by atoms with van der Waals surface area (Å²) in [5, 5.41) is 22.1. The SMILES string of the molecule is Cn1ccc(/C=c2\sc(=C(C#N)C#N)n(Cc3ccon3)c2=O)c1. The van der Waals surface area contributed by atoms with Crippen LogP contribution in [0.1, 0.15) is 11.3 Å². The standard InChI is InChI=1S/C16H11N5O2S/c1-20-4-2-11(9-20)6-14-15(22)21(10-13-3-5-23-19-13)16(24-14)12(7-17)8-18/h2-6,9H,10H2,1H3/b14-6-. The van der Waals surface area contributed by atoms with E-state index in [1.54, 1.807) is 12.1 Å². The molecular formula is C16H11N5O2S. The average Bonchev–Trinajstić information content (AvgIpc) is 3.28. The topological polar surface area (TPSA) is 101 Å². The summed E-state index contributed by atoms with van der Waals surface area (Å²) in [5.74, 6) is 0. The summed E-state index contributed by atoms with van der Waals surface area (Å²) < 4.78 is 8.78. The van der Waals surface area contributed by atoms with Crippen LogP contribution >= 0.6 is 11.3 Å². The zero-order chi connectivity index (χ0) is 17.1. The second-order valence-electron chi connectivity index (χ2n) is 5.01. The summed E-state index contributed by atoms with van der Waals surface area (Å²) in [5.41, 5.74) is 1.03. The summed E-state index contributed by atoms with van der Waals surface area (Å²) in [6, 6.07) is 7.19. The van der Waals surface area contributed by atoms with Gasteiger partial charge in [0.15, 0.2) is 5.57 Å². The van der Waals surface area contributed by atoms with Crippen molar-refractivity contribution in [2.75, 3.05) is 0 Å². The molecule has 0 aliphatic heterocycles. The summed E-state index contributed by atoms with van der Waals surface area (Å²) in [6.45, 7) is 0.136. The molecule has 3 heterocycles. The van der Waals surface area contributed by atoms with Crippen LogP contribution in [-0.4, -0.2) is 14.3 Å². The second kappa shape index (κ2) is 6.41. The first-order valence-electron chi connectivity index (χ1n) is 6.89. The molecule has 3 aromatic heterocycles. The highest BCUT2D eigenvalue weighted by atomic mass is 32.1. The Bertz CT molecular complexity index is 1120. The van der Waals surface area contributed by atoms with Crippen LogP contribution < -0.4 is 14.8 Å². The number of hydrogen-bond acceptors (Lipinski definition) is 6. The lowest BCUT2D eigenvalue weighted by Crippen LogP contribution is -2.32. The van der Waals surface area contributed by atoms with E-state index in [4.69, 9.17) is 15.0 Å². The Morgan fingerprint density at radius 1 is 1.42 bits per heavy atom. The molecule has 0 saturated carbocycles. The summed E-state index contributed by atoms with van der Waals surface area (Å²) >= 11 is 1.11. The highest BCUT2D eigenvalue weighted by Gasteiger charge is 2.11. The molecule has 24 heavy (non-hydrogen) atoms. The van der Waals surface area contributed by atoms with Crippen LogP contribution in [0.3, 0.4) is 0 Å². The normalized spacial score (nSPS) is 11.2. The number of rotatable bonds is 3. The van der Waals surface area contributed by atoms with Gasteiger partial charge in [0.25, 0.3) is 5.56 Å². The van der Waals surface area contributed by atoms with Gasteiger partial charge >= 0.3 is 0 Å². The summed E-state index contributed by atoms with van der Waals surface area (Å²) in [4.78, 5) is 12.7. The molecule has 3 aromatic rings. The molecule has 0 spiro atoms. The molecule has 0 fully saturated rings. The highest BCUT2D eigenvalue weighted by molar-refractivity contribution is 7.07. The van der Waals surface area contributed by atoms with Crippen molar-refractivity contribution in [2.45, 2.75) is 6.54 Å². The van der Waals surface area contributed by atoms with Gasteiger partial charge in [-0.3, -0.25) is 9.36 Å². The van der Waals surface area contributed by atoms with Crippen molar-refractivity contribution in [3.05, 3.63) is 61.6 Å². The van der Waals surface area contributed by atoms with Gasteiger partial charge in [0.2, 0.25) is 0 Å². The van der Waals surface area contributed by atoms with Gasteiger partial charge in [-0.15, -0.1) is 11.3 Å². The second-order valence-corrected chi connectivity index (χ2v) is 6.04. The third-order valence-corrected chi connectivity index (χ3v) is 4.44. The van der Waals surface area contributed by atoms with Gasteiger partial charge in [0, 0.05) is 25.5 Å². The quantitative estimate of drug-likeness (QED) is 0.685. The van der Waals surface area contributed by atoms with Gasteiger partial charge < -0.3 is 9.09 Å². The van der Waals surface area contributed by atoms with Crippen molar-refractivity contribution in [1.82, 2.24) is 14.3 Å². The van der Waals surface area contributed by atoms with Crippen LogP contribution in [0.2, 0.25) is 0 Å². The van der Waals surface area contributed by atoms with E-state index in [0.29, 0.717) is 14.9 Å². The number of thiazole rings is 1. The van der Waals surface area contributed by atoms with E-state index >= 15 is 0 Å². The summed E-state index contributed by atoms with van der Waals surface area (Å²) in [6.07, 6.45) is 6.89. The lowest BCUT2D eigenvalue weighted by molar-refractivity contribution is 0.409. The Morgan fingerprint density at radius 3 is 2.79 bits per heavy atom. The van der Waals surface area contributed by atoms with Crippen molar-refractivity contribution >= 4 is 23.0 Å². The Hall–Kier alpha value is -3.36. The molecule has 0 aliphatic rings. The van der Waals surface area contributed by atoms with Gasteiger partial charge in [-0.25, -0.2) is 0 Å². The Kier molecular flexibility index (Phi) is 4.15. The fourth-order valence-corrected chi connectivity index (χ4v) is 3.26. The predicted molar refractivity (Wildman–Crippen MR) is 87.0 cm³/mol. The first kappa shape index (κ1) is 15.5. The molecule has 0 bridgehead atoms. The van der Waals surface area contributed by atoms with Crippen LogP contribution in [0.25, 0.3) is 11.6 Å². The number of nitrogens with zero attached hydrogens (tertiary/aromatic N) is 5. The van der Waals surface area contributed by atoms with Crippen molar-refractivity contribution < 1.29 is 4.52 Å². The maximum atomic E-state index is 12.7. The first-order chi connectivity index (χ1) is 11.6. The fraction of sp³-hybridized carbons (Fsp3) is 0.125. The molecule has 0 atom stereocenters. The van der Waals surface area contributed by atoms with Crippen molar-refractivity contribution in [2.24, 2.45) is 7.05 Å². The monoisotopic (exact) mass is 337 g/mol. The zero-order valence-corrected chi connectivity index (χ0v) is 13.4. The molecule has 118 valence electrons. The lowest BCUT2D eigenvalue weighted by atomic mass is 10.3. The minimum absolute atomic E-state index is 0.103. The smallest absolute Gasteiger partial charge is 0.269 e. The Morgan fingerprint density at radius 2 is 2.21 bits per heavy atom. The molecule has 0 N–H and O–H groups in total. The number of nitriles is 2. The minimum atomic E-state index is -0.273. The molecule has 0 radical (unpaired) electrons. The fourth-order valence-electron chi connectivity index (χ4n) is 2.21. The van der Waals surface area contributed by atoms with Crippen LogP contribution in [0.4, 0.5) is 0 Å². The molecule has 0 saturated heterocycles. The summed E-state index contributed by atoms with van der Waals surface area (Å²) in [7, 11) is 1.89. The van der Waals surface area contributed by atoms with Crippen molar-refractivity contribution in [3.8, 4) is 12.1 Å². The van der Waals surface area contributed by atoms with E-state index in [0.717, 1.165) is 16.9 Å². The third-order valence-electron chi connectivity index (χ3n) is 3.31. The molecule has 0 unspecified atom stereocenters. The van der Waals surface area contributed by atoms with Gasteiger partial charge in [0.1, 0.15) is 28.8 Å². The molecule has 0 amide bonds. The zero-order valence-electron chi connectivity index (χ0n) is 12.6. The predicted octanol–water partition coefficient (Wildman–Crippen LogP) is 0.311. The van der Waals surface area contributed by atoms with E-state index in [-0.39, 0.29) is 17.7 Å². The van der Waals surface area contributed by atoms with Crippen LogP contribution in [0.5, 0.6) is 0 Å². The number of aromatic nitrogens is 3. The van der Waals surface area contributed by atoms with E-state index in [1.807, 2.05) is 42.2 Å². The molecule has 7 nitrogen and oxygen atoms in total. The van der Waals surface area contributed by atoms with Gasteiger partial charge in [-0.1, -0.05) is 5.16 Å². The van der Waals surface area contributed by atoms with Crippen LogP contribution in [0.15, 0.2) is 40.1 Å². The van der Waals surface area contributed by atoms with Crippen LogP contribution in [0, 0.1) is 22.7 Å². The largest absolute Gasteiger partial charge is 0.364 e. The minimum Gasteiger partial charge on any atom is -0.364 e. The molecule has 8 heteroatoms. The molecule has 0 aromatic carbocycles. The Balaban J connectivity index is 2.26. The van der Waals surface area contributed by atoms with Crippen molar-refractivity contribution in [1.29, 1.82) is 10.5 Å². The number of hydrogen-bond donors (Lipinski definition) is 0. The average molecular weight is 337 g/mol. The third kappa shape index (κ3) is 2.91. The van der Waals surface area contributed by atoms with Gasteiger partial charge in [-0.05, 0) is 17.7 Å². The maximum absolute atomic E-state index is 12.7. The molecule has 3 rings (SSSR count).